The van der Waals surface area contributed by atoms with Crippen LogP contribution in [0.4, 0.5) is 5.69 Å². The minimum absolute atomic E-state index is 0.0631. The molecule has 6 nitrogen and oxygen atoms in total. The van der Waals surface area contributed by atoms with E-state index in [1.54, 1.807) is 42.5 Å². The number of esters is 1. The number of benzene rings is 3. The van der Waals surface area contributed by atoms with Gasteiger partial charge in [0.2, 0.25) is 0 Å². The molecule has 0 aliphatic heterocycles. The summed E-state index contributed by atoms with van der Waals surface area (Å²) in [6, 6.07) is 19.4. The zero-order valence-electron chi connectivity index (χ0n) is 16.6. The van der Waals surface area contributed by atoms with Gasteiger partial charge < -0.3 is 10.1 Å². The summed E-state index contributed by atoms with van der Waals surface area (Å²) in [5.74, 6) is -0.625. The van der Waals surface area contributed by atoms with Gasteiger partial charge in [0.1, 0.15) is 5.75 Å². The van der Waals surface area contributed by atoms with Crippen LogP contribution < -0.4 is 15.5 Å². The molecule has 3 aromatic carbocycles. The maximum Gasteiger partial charge on any atom is 0.345 e. The van der Waals surface area contributed by atoms with E-state index in [4.69, 9.17) is 16.3 Å². The Kier molecular flexibility index (Phi) is 7.81. The van der Waals surface area contributed by atoms with E-state index in [1.165, 1.54) is 6.21 Å². The lowest BCUT2D eigenvalue weighted by atomic mass is 10.2. The summed E-state index contributed by atoms with van der Waals surface area (Å²) in [4.78, 5) is 24.5. The fraction of sp³-hybridized carbons (Fsp3) is 0.0870. The second-order valence-corrected chi connectivity index (χ2v) is 7.89. The van der Waals surface area contributed by atoms with Gasteiger partial charge in [0.25, 0.3) is 5.91 Å². The van der Waals surface area contributed by atoms with Crippen molar-refractivity contribution in [2.45, 2.75) is 6.92 Å². The topological polar surface area (TPSA) is 79.8 Å². The molecule has 3 rings (SSSR count). The van der Waals surface area contributed by atoms with Crippen LogP contribution in [0.1, 0.15) is 21.5 Å². The van der Waals surface area contributed by atoms with E-state index < -0.39 is 5.97 Å². The molecular weight excluding hydrogens is 482 g/mol. The molecule has 2 N–H and O–H groups in total. The first-order chi connectivity index (χ1) is 14.9. The lowest BCUT2D eigenvalue weighted by Gasteiger charge is -2.09. The van der Waals surface area contributed by atoms with Crippen LogP contribution in [-0.2, 0) is 4.79 Å². The van der Waals surface area contributed by atoms with Gasteiger partial charge in [-0.2, -0.15) is 5.10 Å². The number of halogens is 2. The number of rotatable bonds is 7. The fourth-order valence-electron chi connectivity index (χ4n) is 2.65. The monoisotopic (exact) mass is 499 g/mol. The van der Waals surface area contributed by atoms with Crippen molar-refractivity contribution >= 4 is 51.3 Å². The number of hydrogen-bond donors (Lipinski definition) is 2. The Labute approximate surface area is 193 Å². The molecule has 0 heterocycles. The van der Waals surface area contributed by atoms with Gasteiger partial charge in [-0.3, -0.25) is 4.79 Å². The summed E-state index contributed by atoms with van der Waals surface area (Å²) in [7, 11) is 0. The molecule has 158 valence electrons. The van der Waals surface area contributed by atoms with E-state index >= 15 is 0 Å². The summed E-state index contributed by atoms with van der Waals surface area (Å²) in [5, 5.41) is 7.30. The second-order valence-electron chi connectivity index (χ2n) is 6.57. The van der Waals surface area contributed by atoms with Gasteiger partial charge in [0.15, 0.2) is 0 Å². The summed E-state index contributed by atoms with van der Waals surface area (Å²) in [6.45, 7) is 2.04. The predicted octanol–water partition coefficient (Wildman–Crippen LogP) is 5.19. The largest absolute Gasteiger partial charge is 0.422 e. The first-order valence-corrected chi connectivity index (χ1v) is 10.5. The maximum absolute atomic E-state index is 12.5. The van der Waals surface area contributed by atoms with Crippen molar-refractivity contribution in [1.29, 1.82) is 0 Å². The summed E-state index contributed by atoms with van der Waals surface area (Å²) in [6.07, 6.45) is 1.41. The Balaban J connectivity index is 1.63. The van der Waals surface area contributed by atoms with Crippen LogP contribution in [0.25, 0.3) is 0 Å². The van der Waals surface area contributed by atoms with Crippen LogP contribution in [-0.4, -0.2) is 24.6 Å². The van der Waals surface area contributed by atoms with Gasteiger partial charge in [-0.05, 0) is 55.0 Å². The van der Waals surface area contributed by atoms with Crippen LogP contribution in [0.5, 0.6) is 5.75 Å². The second kappa shape index (κ2) is 10.7. The maximum atomic E-state index is 12.5. The molecule has 0 aromatic heterocycles. The lowest BCUT2D eigenvalue weighted by molar-refractivity contribution is -0.119. The molecule has 0 radical (unpaired) electrons. The number of nitrogens with one attached hydrogen (secondary N) is 2. The Morgan fingerprint density at radius 2 is 1.90 bits per heavy atom. The highest BCUT2D eigenvalue weighted by molar-refractivity contribution is 9.10. The van der Waals surface area contributed by atoms with Crippen LogP contribution in [0.2, 0.25) is 5.02 Å². The van der Waals surface area contributed by atoms with Crippen molar-refractivity contribution < 1.29 is 14.3 Å². The molecule has 0 aliphatic carbocycles. The van der Waals surface area contributed by atoms with Gasteiger partial charge in [-0.15, -0.1) is 0 Å². The Bertz CT molecular complexity index is 1130. The third kappa shape index (κ3) is 6.67. The molecule has 0 aliphatic rings. The van der Waals surface area contributed by atoms with Crippen LogP contribution >= 0.6 is 27.5 Å². The third-order valence-electron chi connectivity index (χ3n) is 4.13. The first-order valence-electron chi connectivity index (χ1n) is 9.31. The number of anilines is 1. The molecule has 1 amide bonds. The zero-order chi connectivity index (χ0) is 22.2. The van der Waals surface area contributed by atoms with Crippen LogP contribution in [0.15, 0.2) is 76.3 Å². The summed E-state index contributed by atoms with van der Waals surface area (Å²) < 4.78 is 6.24. The molecular formula is C23H19BrClN3O3. The highest BCUT2D eigenvalue weighted by Crippen LogP contribution is 2.24. The molecule has 0 spiro atoms. The summed E-state index contributed by atoms with van der Waals surface area (Å²) >= 11 is 9.44. The third-order valence-corrected chi connectivity index (χ3v) is 4.96. The number of hydrogen-bond acceptors (Lipinski definition) is 5. The highest BCUT2D eigenvalue weighted by atomic mass is 79.9. The molecule has 0 saturated carbocycles. The highest BCUT2D eigenvalue weighted by Gasteiger charge is 2.14. The normalized spacial score (nSPS) is 10.7. The number of hydrazone groups is 1. The van der Waals surface area contributed by atoms with Gasteiger partial charge in [0.05, 0.1) is 23.3 Å². The SMILES string of the molecule is Cc1cccc(NCC(=O)N/N=C/c2cc(Br)ccc2OC(=O)c2ccccc2Cl)c1. The van der Waals surface area contributed by atoms with Crippen molar-refractivity contribution in [3.05, 3.63) is 92.9 Å². The van der Waals surface area contributed by atoms with Gasteiger partial charge >= 0.3 is 5.97 Å². The quantitative estimate of drug-likeness (QED) is 0.202. The molecule has 0 saturated heterocycles. The molecule has 31 heavy (non-hydrogen) atoms. The van der Waals surface area contributed by atoms with Crippen molar-refractivity contribution in [1.82, 2.24) is 5.43 Å². The van der Waals surface area contributed by atoms with Crippen LogP contribution in [0.3, 0.4) is 0 Å². The number of carbonyl (C=O) groups is 2. The predicted molar refractivity (Wildman–Crippen MR) is 126 cm³/mol. The Morgan fingerprint density at radius 3 is 2.68 bits per heavy atom. The number of nitrogens with zero attached hydrogens (tertiary/aromatic N) is 1. The lowest BCUT2D eigenvalue weighted by Crippen LogP contribution is -2.25. The smallest absolute Gasteiger partial charge is 0.345 e. The van der Waals surface area contributed by atoms with E-state index in [9.17, 15) is 9.59 Å². The van der Waals surface area contributed by atoms with Crippen molar-refractivity contribution in [3.8, 4) is 5.75 Å². The van der Waals surface area contributed by atoms with Gasteiger partial charge in [-0.25, -0.2) is 10.2 Å². The van der Waals surface area contributed by atoms with Crippen molar-refractivity contribution in [2.75, 3.05) is 11.9 Å². The van der Waals surface area contributed by atoms with Gasteiger partial charge in [0, 0.05) is 15.7 Å². The standard InChI is InChI=1S/C23H19BrClN3O3/c1-15-5-4-6-18(11-15)26-14-22(29)28-27-13-16-12-17(24)9-10-21(16)31-23(30)19-7-2-3-8-20(19)25/h2-13,26H,14H2,1H3,(H,28,29)/b27-13+. The Morgan fingerprint density at radius 1 is 1.10 bits per heavy atom. The molecule has 3 aromatic rings. The minimum atomic E-state index is -0.589. The van der Waals surface area contributed by atoms with E-state index in [0.29, 0.717) is 10.6 Å². The first kappa shape index (κ1) is 22.5. The molecule has 0 fully saturated rings. The number of amides is 1. The molecule has 0 bridgehead atoms. The number of carbonyl (C=O) groups excluding carboxylic acids is 2. The minimum Gasteiger partial charge on any atom is -0.422 e. The van der Waals surface area contributed by atoms with Crippen molar-refractivity contribution in [2.24, 2.45) is 5.10 Å². The van der Waals surface area contributed by atoms with E-state index in [0.717, 1.165) is 15.7 Å². The Hall–Kier alpha value is -3.16. The van der Waals surface area contributed by atoms with E-state index in [2.05, 4.69) is 31.8 Å². The zero-order valence-corrected chi connectivity index (χ0v) is 18.9. The van der Waals surface area contributed by atoms with Gasteiger partial charge in [-0.1, -0.05) is 51.8 Å². The number of aryl methyl sites for hydroxylation is 1. The fourth-order valence-corrected chi connectivity index (χ4v) is 3.24. The molecule has 0 unspecified atom stereocenters. The van der Waals surface area contributed by atoms with Crippen molar-refractivity contribution in [3.63, 3.8) is 0 Å². The van der Waals surface area contributed by atoms with Crippen LogP contribution in [0, 0.1) is 6.92 Å². The average Bonchev–Trinajstić information content (AvgIpc) is 2.74. The summed E-state index contributed by atoms with van der Waals surface area (Å²) in [5.41, 5.74) is 5.15. The number of ether oxygens (including phenoxy) is 1. The van der Waals surface area contributed by atoms with E-state index in [-0.39, 0.29) is 23.8 Å². The average molecular weight is 501 g/mol. The molecule has 8 heteroatoms. The van der Waals surface area contributed by atoms with E-state index in [1.807, 2.05) is 31.2 Å². The molecule has 0 atom stereocenters.